The van der Waals surface area contributed by atoms with Crippen LogP contribution >= 0.6 is 15.9 Å². The van der Waals surface area contributed by atoms with Gasteiger partial charge in [-0.1, -0.05) is 46.7 Å². The summed E-state index contributed by atoms with van der Waals surface area (Å²) in [4.78, 5) is 0. The van der Waals surface area contributed by atoms with E-state index in [1.807, 2.05) is 20.8 Å². The third kappa shape index (κ3) is 3.72. The maximum Gasteiger partial charge on any atom is 0.144 e. The SMILES string of the molecule is CC[C@H]1C[C@@]2(CC[C@@H]1C)Cc1ccc(Br)cc1/C2=N/[S@@+]([O-])C(C)(C)C. The van der Waals surface area contributed by atoms with Crippen LogP contribution in [0.15, 0.2) is 27.1 Å². The van der Waals surface area contributed by atoms with Crippen molar-refractivity contribution in [1.82, 2.24) is 0 Å². The van der Waals surface area contributed by atoms with Crippen LogP contribution in [0.5, 0.6) is 0 Å². The minimum absolute atomic E-state index is 0.0806. The maximum atomic E-state index is 12.9. The molecule has 25 heavy (non-hydrogen) atoms. The molecule has 0 radical (unpaired) electrons. The van der Waals surface area contributed by atoms with Crippen molar-refractivity contribution in [3.05, 3.63) is 33.8 Å². The van der Waals surface area contributed by atoms with Crippen LogP contribution in [-0.4, -0.2) is 15.0 Å². The fourth-order valence-electron chi connectivity index (χ4n) is 4.49. The Morgan fingerprint density at radius 2 is 2.08 bits per heavy atom. The molecule has 2 aliphatic rings. The average molecular weight is 424 g/mol. The molecule has 0 bridgehead atoms. The Bertz CT molecular complexity index is 681. The largest absolute Gasteiger partial charge is 0.591 e. The van der Waals surface area contributed by atoms with Gasteiger partial charge in [-0.3, -0.25) is 0 Å². The summed E-state index contributed by atoms with van der Waals surface area (Å²) in [5.41, 5.74) is 3.79. The van der Waals surface area contributed by atoms with Crippen molar-refractivity contribution in [1.29, 1.82) is 0 Å². The van der Waals surface area contributed by atoms with Crippen molar-refractivity contribution >= 4 is 33.0 Å². The Balaban J connectivity index is 2.08. The Labute approximate surface area is 164 Å². The summed E-state index contributed by atoms with van der Waals surface area (Å²) in [6.45, 7) is 10.7. The number of fused-ring (bicyclic) bond motifs is 1. The molecule has 2 nitrogen and oxygen atoms in total. The molecule has 0 aliphatic heterocycles. The number of halogens is 1. The van der Waals surface area contributed by atoms with Gasteiger partial charge < -0.3 is 4.55 Å². The third-order valence-electron chi connectivity index (χ3n) is 6.12. The summed E-state index contributed by atoms with van der Waals surface area (Å²) in [6.07, 6.45) is 5.86. The van der Waals surface area contributed by atoms with E-state index >= 15 is 0 Å². The molecule has 0 N–H and O–H groups in total. The molecule has 138 valence electrons. The molecule has 4 atom stereocenters. The minimum Gasteiger partial charge on any atom is -0.591 e. The first kappa shape index (κ1) is 19.4. The molecular formula is C21H30BrNOS. The second-order valence-electron chi connectivity index (χ2n) is 8.95. The van der Waals surface area contributed by atoms with Crippen molar-refractivity contribution in [2.24, 2.45) is 21.6 Å². The van der Waals surface area contributed by atoms with Crippen molar-refractivity contribution in [3.8, 4) is 0 Å². The van der Waals surface area contributed by atoms with Crippen molar-refractivity contribution in [2.45, 2.75) is 71.5 Å². The molecule has 0 saturated heterocycles. The van der Waals surface area contributed by atoms with Gasteiger partial charge in [0.2, 0.25) is 0 Å². The lowest BCUT2D eigenvalue weighted by Gasteiger charge is -2.41. The topological polar surface area (TPSA) is 35.4 Å². The van der Waals surface area contributed by atoms with Crippen LogP contribution in [0.2, 0.25) is 0 Å². The first-order valence-electron chi connectivity index (χ1n) is 9.46. The molecular weight excluding hydrogens is 394 g/mol. The highest BCUT2D eigenvalue weighted by atomic mass is 79.9. The van der Waals surface area contributed by atoms with E-state index in [-0.39, 0.29) is 10.2 Å². The Morgan fingerprint density at radius 3 is 2.72 bits per heavy atom. The molecule has 1 saturated carbocycles. The van der Waals surface area contributed by atoms with E-state index in [0.29, 0.717) is 0 Å². The first-order chi connectivity index (χ1) is 11.7. The van der Waals surface area contributed by atoms with Gasteiger partial charge in [-0.25, -0.2) is 0 Å². The summed E-state index contributed by atoms with van der Waals surface area (Å²) in [7, 11) is 0. The second-order valence-corrected chi connectivity index (χ2v) is 11.8. The summed E-state index contributed by atoms with van der Waals surface area (Å²) in [6, 6.07) is 6.53. The van der Waals surface area contributed by atoms with E-state index in [9.17, 15) is 4.55 Å². The van der Waals surface area contributed by atoms with Gasteiger partial charge in [0.15, 0.2) is 0 Å². The van der Waals surface area contributed by atoms with E-state index in [1.54, 1.807) is 0 Å². The number of nitrogens with zero attached hydrogens (tertiary/aromatic N) is 1. The van der Waals surface area contributed by atoms with E-state index < -0.39 is 11.4 Å². The zero-order chi connectivity index (χ0) is 18.4. The van der Waals surface area contributed by atoms with E-state index in [4.69, 9.17) is 4.40 Å². The fourth-order valence-corrected chi connectivity index (χ4v) is 5.58. The molecule has 0 heterocycles. The van der Waals surface area contributed by atoms with Gasteiger partial charge >= 0.3 is 0 Å². The molecule has 1 spiro atoms. The molecule has 0 amide bonds. The minimum atomic E-state index is -1.22. The monoisotopic (exact) mass is 423 g/mol. The van der Waals surface area contributed by atoms with Crippen molar-refractivity contribution < 1.29 is 4.55 Å². The predicted octanol–water partition coefficient (Wildman–Crippen LogP) is 6.09. The summed E-state index contributed by atoms with van der Waals surface area (Å²) >= 11 is 2.40. The van der Waals surface area contributed by atoms with Gasteiger partial charge in [0.1, 0.15) is 21.8 Å². The summed E-state index contributed by atoms with van der Waals surface area (Å²) in [5.74, 6) is 1.51. The van der Waals surface area contributed by atoms with Gasteiger partial charge in [0.05, 0.1) is 0 Å². The van der Waals surface area contributed by atoms with Gasteiger partial charge in [-0.2, -0.15) is 0 Å². The van der Waals surface area contributed by atoms with E-state index in [0.717, 1.165) is 34.9 Å². The number of benzene rings is 1. The van der Waals surface area contributed by atoms with Crippen LogP contribution in [0, 0.1) is 17.3 Å². The summed E-state index contributed by atoms with van der Waals surface area (Å²) < 4.78 is 18.5. The number of rotatable bonds is 2. The van der Waals surface area contributed by atoms with Gasteiger partial charge in [-0.05, 0) is 76.0 Å². The van der Waals surface area contributed by atoms with E-state index in [2.05, 4.69) is 48.0 Å². The molecule has 0 unspecified atom stereocenters. The molecule has 4 heteroatoms. The lowest BCUT2D eigenvalue weighted by molar-refractivity contribution is 0.152. The molecule has 3 rings (SSSR count). The second kappa shape index (κ2) is 7.01. The molecule has 1 aromatic carbocycles. The molecule has 2 aliphatic carbocycles. The average Bonchev–Trinajstić information content (AvgIpc) is 2.82. The highest BCUT2D eigenvalue weighted by Gasteiger charge is 2.49. The van der Waals surface area contributed by atoms with Crippen molar-refractivity contribution in [3.63, 3.8) is 0 Å². The Kier molecular flexibility index (Phi) is 5.45. The Hall–Kier alpha value is -0.320. The zero-order valence-electron chi connectivity index (χ0n) is 16.1. The van der Waals surface area contributed by atoms with E-state index in [1.165, 1.54) is 30.4 Å². The van der Waals surface area contributed by atoms with Crippen LogP contribution in [0.1, 0.15) is 71.4 Å². The van der Waals surface area contributed by atoms with Gasteiger partial charge in [-0.15, -0.1) is 0 Å². The smallest absolute Gasteiger partial charge is 0.144 e. The summed E-state index contributed by atoms with van der Waals surface area (Å²) in [5, 5.41) is 0. The van der Waals surface area contributed by atoms with Gasteiger partial charge in [0, 0.05) is 15.5 Å². The molecule has 1 fully saturated rings. The molecule has 1 aromatic rings. The molecule has 0 aromatic heterocycles. The highest BCUT2D eigenvalue weighted by molar-refractivity contribution is 9.10. The number of hydrogen-bond donors (Lipinski definition) is 0. The fraction of sp³-hybridized carbons (Fsp3) is 0.667. The lowest BCUT2D eigenvalue weighted by Crippen LogP contribution is -2.39. The first-order valence-corrected chi connectivity index (χ1v) is 11.4. The zero-order valence-corrected chi connectivity index (χ0v) is 18.5. The standard InChI is InChI=1S/C21H30BrNOS/c1-6-15-12-21(10-9-14(15)2)13-16-7-8-17(22)11-18(16)19(21)23-25(24)20(3,4)5/h7-8,11,14-15H,6,9-10,12-13H2,1-5H3/b23-19-/t14-,15-,21-,25-/m0/s1. The number of hydrogen-bond acceptors (Lipinski definition) is 2. The van der Waals surface area contributed by atoms with Gasteiger partial charge in [0.25, 0.3) is 0 Å². The van der Waals surface area contributed by atoms with Crippen LogP contribution < -0.4 is 0 Å². The normalized spacial score (nSPS) is 32.2. The van der Waals surface area contributed by atoms with Crippen LogP contribution in [0.25, 0.3) is 0 Å². The third-order valence-corrected chi connectivity index (χ3v) is 8.01. The van der Waals surface area contributed by atoms with Crippen LogP contribution in [-0.2, 0) is 17.8 Å². The van der Waals surface area contributed by atoms with Crippen LogP contribution in [0.4, 0.5) is 0 Å². The lowest BCUT2D eigenvalue weighted by atomic mass is 9.63. The maximum absolute atomic E-state index is 12.9. The highest BCUT2D eigenvalue weighted by Crippen LogP contribution is 2.52. The Morgan fingerprint density at radius 1 is 1.36 bits per heavy atom. The van der Waals surface area contributed by atoms with Crippen LogP contribution in [0.3, 0.4) is 0 Å². The van der Waals surface area contributed by atoms with Crippen molar-refractivity contribution in [2.75, 3.05) is 0 Å². The predicted molar refractivity (Wildman–Crippen MR) is 112 cm³/mol. The quantitative estimate of drug-likeness (QED) is 0.529.